The minimum Gasteiger partial charge on any atom is -0.342 e. The van der Waals surface area contributed by atoms with E-state index >= 15 is 0 Å². The molecule has 0 amide bonds. The predicted octanol–water partition coefficient (Wildman–Crippen LogP) is 1.79. The van der Waals surface area contributed by atoms with Gasteiger partial charge in [0, 0.05) is 26.1 Å². The summed E-state index contributed by atoms with van der Waals surface area (Å²) in [4.78, 5) is 7.50. The Bertz CT molecular complexity index is 695. The zero-order valence-corrected chi connectivity index (χ0v) is 13.9. The van der Waals surface area contributed by atoms with Gasteiger partial charge < -0.3 is 4.98 Å². The minimum atomic E-state index is -3.43. The summed E-state index contributed by atoms with van der Waals surface area (Å²) in [7, 11) is -1.87. The lowest BCUT2D eigenvalue weighted by molar-refractivity contribution is 0.402. The molecule has 0 saturated carbocycles. The number of nitrogens with zero attached hydrogens (tertiary/aromatic N) is 2. The van der Waals surface area contributed by atoms with Crippen LogP contribution in [0.5, 0.6) is 0 Å². The van der Waals surface area contributed by atoms with E-state index in [-0.39, 0.29) is 6.04 Å². The molecular weight excluding hydrogens is 300 g/mol. The average molecular weight is 322 g/mol. The first-order valence-electron chi connectivity index (χ1n) is 7.22. The van der Waals surface area contributed by atoms with Crippen molar-refractivity contribution in [3.8, 4) is 11.3 Å². The third-order valence-corrected chi connectivity index (χ3v) is 5.21. The van der Waals surface area contributed by atoms with Crippen LogP contribution in [-0.2, 0) is 16.6 Å². The maximum absolute atomic E-state index is 12.0. The van der Waals surface area contributed by atoms with Crippen molar-refractivity contribution >= 4 is 10.2 Å². The molecule has 120 valence electrons. The Morgan fingerprint density at radius 1 is 1.27 bits per heavy atom. The maximum atomic E-state index is 12.0. The molecule has 22 heavy (non-hydrogen) atoms. The predicted molar refractivity (Wildman–Crippen MR) is 87.5 cm³/mol. The number of aromatic amines is 1. The van der Waals surface area contributed by atoms with E-state index in [1.165, 1.54) is 4.31 Å². The molecule has 2 aromatic rings. The van der Waals surface area contributed by atoms with Gasteiger partial charge in [0.25, 0.3) is 10.2 Å². The van der Waals surface area contributed by atoms with Crippen LogP contribution < -0.4 is 4.72 Å². The highest BCUT2D eigenvalue weighted by Gasteiger charge is 2.19. The molecule has 0 atom stereocenters. The Hall–Kier alpha value is -1.70. The van der Waals surface area contributed by atoms with Crippen LogP contribution in [0.1, 0.15) is 19.7 Å². The molecule has 0 aliphatic rings. The molecule has 1 heterocycles. The van der Waals surface area contributed by atoms with Crippen molar-refractivity contribution in [1.82, 2.24) is 19.0 Å². The fourth-order valence-electron chi connectivity index (χ4n) is 1.93. The number of H-pyrrole nitrogens is 1. The van der Waals surface area contributed by atoms with Crippen molar-refractivity contribution in [3.63, 3.8) is 0 Å². The van der Waals surface area contributed by atoms with Gasteiger partial charge in [0.1, 0.15) is 5.82 Å². The van der Waals surface area contributed by atoms with Crippen molar-refractivity contribution in [2.75, 3.05) is 13.6 Å². The van der Waals surface area contributed by atoms with Crippen LogP contribution in [0.4, 0.5) is 0 Å². The van der Waals surface area contributed by atoms with Crippen molar-refractivity contribution in [2.24, 2.45) is 0 Å². The summed E-state index contributed by atoms with van der Waals surface area (Å²) in [6.07, 6.45) is 2.28. The van der Waals surface area contributed by atoms with Gasteiger partial charge in [-0.1, -0.05) is 30.3 Å². The van der Waals surface area contributed by atoms with Crippen molar-refractivity contribution < 1.29 is 8.42 Å². The van der Waals surface area contributed by atoms with Crippen LogP contribution in [0.25, 0.3) is 11.3 Å². The fraction of sp³-hybridized carbons (Fsp3) is 0.400. The molecule has 7 heteroatoms. The topological polar surface area (TPSA) is 78.1 Å². The van der Waals surface area contributed by atoms with E-state index < -0.39 is 10.2 Å². The van der Waals surface area contributed by atoms with E-state index in [0.29, 0.717) is 13.0 Å². The summed E-state index contributed by atoms with van der Waals surface area (Å²) in [5, 5.41) is 0. The second-order valence-electron chi connectivity index (χ2n) is 5.37. The maximum Gasteiger partial charge on any atom is 0.279 e. The number of aromatic nitrogens is 2. The van der Waals surface area contributed by atoms with Gasteiger partial charge in [-0.05, 0) is 19.4 Å². The standard InChI is InChI=1S/C15H22N4O2S/c1-12(2)19(3)22(20,21)17-10-9-15-16-11-14(18-15)13-7-5-4-6-8-13/h4-8,11-12,17H,9-10H2,1-3H3,(H,16,18). The van der Waals surface area contributed by atoms with Gasteiger partial charge in [0.15, 0.2) is 0 Å². The summed E-state index contributed by atoms with van der Waals surface area (Å²) >= 11 is 0. The summed E-state index contributed by atoms with van der Waals surface area (Å²) < 4.78 is 27.8. The van der Waals surface area contributed by atoms with E-state index in [4.69, 9.17) is 0 Å². The molecule has 0 fully saturated rings. The first kappa shape index (κ1) is 16.7. The van der Waals surface area contributed by atoms with Crippen LogP contribution in [0, 0.1) is 0 Å². The summed E-state index contributed by atoms with van der Waals surface area (Å²) in [6.45, 7) is 3.97. The Kier molecular flexibility index (Phi) is 5.33. The highest BCUT2D eigenvalue weighted by molar-refractivity contribution is 7.87. The van der Waals surface area contributed by atoms with Gasteiger partial charge in [0.2, 0.25) is 0 Å². The molecule has 1 aromatic heterocycles. The quantitative estimate of drug-likeness (QED) is 0.816. The molecule has 0 bridgehead atoms. The molecule has 2 N–H and O–H groups in total. The van der Waals surface area contributed by atoms with Crippen LogP contribution in [0.3, 0.4) is 0 Å². The lowest BCUT2D eigenvalue weighted by Gasteiger charge is -2.20. The van der Waals surface area contributed by atoms with Crippen molar-refractivity contribution in [1.29, 1.82) is 0 Å². The number of rotatable bonds is 7. The molecule has 0 saturated heterocycles. The lowest BCUT2D eigenvalue weighted by atomic mass is 10.2. The van der Waals surface area contributed by atoms with Crippen LogP contribution in [-0.4, -0.2) is 42.3 Å². The van der Waals surface area contributed by atoms with Crippen molar-refractivity contribution in [3.05, 3.63) is 42.4 Å². The molecule has 2 rings (SSSR count). The molecular formula is C15H22N4O2S. The van der Waals surface area contributed by atoms with E-state index in [1.807, 2.05) is 44.2 Å². The summed E-state index contributed by atoms with van der Waals surface area (Å²) in [6, 6.07) is 9.80. The normalized spacial score (nSPS) is 12.2. The van der Waals surface area contributed by atoms with Gasteiger partial charge in [-0.2, -0.15) is 12.7 Å². The lowest BCUT2D eigenvalue weighted by Crippen LogP contribution is -2.42. The Morgan fingerprint density at radius 3 is 2.59 bits per heavy atom. The fourth-order valence-corrected chi connectivity index (χ4v) is 3.05. The zero-order chi connectivity index (χ0) is 16.2. The molecule has 0 radical (unpaired) electrons. The van der Waals surface area contributed by atoms with Gasteiger partial charge in [-0.3, -0.25) is 0 Å². The smallest absolute Gasteiger partial charge is 0.279 e. The van der Waals surface area contributed by atoms with E-state index in [2.05, 4.69) is 14.7 Å². The number of hydrogen-bond acceptors (Lipinski definition) is 3. The van der Waals surface area contributed by atoms with Gasteiger partial charge in [-0.15, -0.1) is 0 Å². The second kappa shape index (κ2) is 7.04. The Morgan fingerprint density at radius 2 is 1.95 bits per heavy atom. The number of benzene rings is 1. The van der Waals surface area contributed by atoms with E-state index in [0.717, 1.165) is 17.1 Å². The highest BCUT2D eigenvalue weighted by Crippen LogP contribution is 2.16. The van der Waals surface area contributed by atoms with Gasteiger partial charge in [0.05, 0.1) is 11.9 Å². The summed E-state index contributed by atoms with van der Waals surface area (Å²) in [5.41, 5.74) is 1.99. The molecule has 0 spiro atoms. The first-order chi connectivity index (χ1) is 10.4. The number of nitrogens with one attached hydrogen (secondary N) is 2. The SMILES string of the molecule is CC(C)N(C)S(=O)(=O)NCCc1ncc(-c2ccccc2)[nH]1. The Labute approximate surface area is 131 Å². The first-order valence-corrected chi connectivity index (χ1v) is 8.66. The van der Waals surface area contributed by atoms with Crippen LogP contribution >= 0.6 is 0 Å². The molecule has 0 aliphatic heterocycles. The summed E-state index contributed by atoms with van der Waals surface area (Å²) in [5.74, 6) is 0.758. The molecule has 0 aliphatic carbocycles. The van der Waals surface area contributed by atoms with E-state index in [1.54, 1.807) is 13.2 Å². The Balaban J connectivity index is 1.92. The zero-order valence-electron chi connectivity index (χ0n) is 13.1. The second-order valence-corrected chi connectivity index (χ2v) is 7.18. The van der Waals surface area contributed by atoms with Crippen LogP contribution in [0.2, 0.25) is 0 Å². The minimum absolute atomic E-state index is 0.0780. The third kappa shape index (κ3) is 4.16. The monoisotopic (exact) mass is 322 g/mol. The average Bonchev–Trinajstić information content (AvgIpc) is 2.96. The molecule has 1 aromatic carbocycles. The number of hydrogen-bond donors (Lipinski definition) is 2. The van der Waals surface area contributed by atoms with Crippen LogP contribution in [0.15, 0.2) is 36.5 Å². The van der Waals surface area contributed by atoms with Crippen molar-refractivity contribution in [2.45, 2.75) is 26.3 Å². The molecule has 6 nitrogen and oxygen atoms in total. The largest absolute Gasteiger partial charge is 0.342 e. The number of imidazole rings is 1. The molecule has 0 unspecified atom stereocenters. The van der Waals surface area contributed by atoms with Gasteiger partial charge >= 0.3 is 0 Å². The third-order valence-electron chi connectivity index (χ3n) is 3.47. The highest BCUT2D eigenvalue weighted by atomic mass is 32.2. The van der Waals surface area contributed by atoms with Gasteiger partial charge in [-0.25, -0.2) is 9.71 Å². The van der Waals surface area contributed by atoms with E-state index in [9.17, 15) is 8.42 Å².